The molecular weight excluding hydrogens is 454 g/mol. The number of ether oxygens (including phenoxy) is 2. The monoisotopic (exact) mass is 485 g/mol. The summed E-state index contributed by atoms with van der Waals surface area (Å²) in [5.74, 6) is 1.27. The second-order valence-electron chi connectivity index (χ2n) is 9.37. The molecule has 7 heteroatoms. The van der Waals surface area contributed by atoms with Gasteiger partial charge in [0, 0.05) is 49.5 Å². The standard InChI is InChI=1S/C29H31N3O4/c33-28-8-4-15-32(28)26-11-9-24(10-12-26)29(34)31(19-25-6-1-2-14-30-25)18-22-5-3-7-27(17-22)36-21-23-13-16-35-20-23/h1-3,5-7,9-12,14,17,23H,4,8,13,15-16,18-21H2. The maximum atomic E-state index is 13.6. The van der Waals surface area contributed by atoms with E-state index in [4.69, 9.17) is 9.47 Å². The van der Waals surface area contributed by atoms with Crippen molar-refractivity contribution in [1.82, 2.24) is 9.88 Å². The molecule has 186 valence electrons. The number of carbonyl (C=O) groups is 2. The van der Waals surface area contributed by atoms with Crippen molar-refractivity contribution in [2.45, 2.75) is 32.4 Å². The number of hydrogen-bond donors (Lipinski definition) is 0. The lowest BCUT2D eigenvalue weighted by Gasteiger charge is -2.24. The Morgan fingerprint density at radius 1 is 1.08 bits per heavy atom. The molecule has 0 spiro atoms. The number of amides is 2. The number of hydrogen-bond acceptors (Lipinski definition) is 5. The lowest BCUT2D eigenvalue weighted by atomic mass is 10.1. The first-order valence-corrected chi connectivity index (χ1v) is 12.5. The molecule has 1 atom stereocenters. The maximum Gasteiger partial charge on any atom is 0.254 e. The zero-order valence-electron chi connectivity index (χ0n) is 20.3. The third kappa shape index (κ3) is 5.91. The Labute approximate surface area is 211 Å². The van der Waals surface area contributed by atoms with E-state index in [9.17, 15) is 9.59 Å². The number of aromatic nitrogens is 1. The van der Waals surface area contributed by atoms with Gasteiger partial charge < -0.3 is 19.3 Å². The third-order valence-corrected chi connectivity index (χ3v) is 6.65. The van der Waals surface area contributed by atoms with Crippen molar-refractivity contribution < 1.29 is 19.1 Å². The van der Waals surface area contributed by atoms with Gasteiger partial charge >= 0.3 is 0 Å². The predicted octanol–water partition coefficient (Wildman–Crippen LogP) is 4.47. The molecular formula is C29H31N3O4. The van der Waals surface area contributed by atoms with Crippen LogP contribution in [0.5, 0.6) is 5.75 Å². The summed E-state index contributed by atoms with van der Waals surface area (Å²) in [4.78, 5) is 33.7. The van der Waals surface area contributed by atoms with E-state index in [-0.39, 0.29) is 11.8 Å². The van der Waals surface area contributed by atoms with E-state index in [1.165, 1.54) is 0 Å². The zero-order valence-corrected chi connectivity index (χ0v) is 20.3. The fraction of sp³-hybridized carbons (Fsp3) is 0.345. The molecule has 7 nitrogen and oxygen atoms in total. The first-order valence-electron chi connectivity index (χ1n) is 12.5. The Kier molecular flexibility index (Phi) is 7.57. The molecule has 3 heterocycles. The molecule has 36 heavy (non-hydrogen) atoms. The lowest BCUT2D eigenvalue weighted by Crippen LogP contribution is -2.30. The first kappa shape index (κ1) is 24.0. The number of benzene rings is 2. The van der Waals surface area contributed by atoms with Gasteiger partial charge in [-0.05, 0) is 66.9 Å². The van der Waals surface area contributed by atoms with Crippen molar-refractivity contribution in [2.75, 3.05) is 31.3 Å². The molecule has 0 bridgehead atoms. The van der Waals surface area contributed by atoms with Crippen LogP contribution in [0.25, 0.3) is 0 Å². The van der Waals surface area contributed by atoms with Crippen LogP contribution in [-0.4, -0.2) is 48.1 Å². The predicted molar refractivity (Wildman–Crippen MR) is 137 cm³/mol. The first-order chi connectivity index (χ1) is 17.7. The summed E-state index contributed by atoms with van der Waals surface area (Å²) in [6.45, 7) is 3.71. The number of nitrogens with zero attached hydrogens (tertiary/aromatic N) is 3. The van der Waals surface area contributed by atoms with Crippen LogP contribution in [0.3, 0.4) is 0 Å². The van der Waals surface area contributed by atoms with Gasteiger partial charge in [-0.15, -0.1) is 0 Å². The quantitative estimate of drug-likeness (QED) is 0.447. The number of anilines is 1. The smallest absolute Gasteiger partial charge is 0.254 e. The third-order valence-electron chi connectivity index (χ3n) is 6.65. The Morgan fingerprint density at radius 2 is 1.97 bits per heavy atom. The molecule has 2 aromatic carbocycles. The SMILES string of the molecule is O=C(c1ccc(N2CCCC2=O)cc1)N(Cc1cccc(OCC2CCOC2)c1)Cc1ccccn1. The van der Waals surface area contributed by atoms with E-state index in [0.29, 0.717) is 37.6 Å². The largest absolute Gasteiger partial charge is 0.493 e. The average Bonchev–Trinajstić information content (AvgIpc) is 3.59. The molecule has 2 saturated heterocycles. The highest BCUT2D eigenvalue weighted by atomic mass is 16.5. The van der Waals surface area contributed by atoms with Crippen molar-refractivity contribution in [3.63, 3.8) is 0 Å². The van der Waals surface area contributed by atoms with E-state index >= 15 is 0 Å². The minimum absolute atomic E-state index is 0.0885. The fourth-order valence-corrected chi connectivity index (χ4v) is 4.66. The molecule has 0 N–H and O–H groups in total. The van der Waals surface area contributed by atoms with Gasteiger partial charge in [0.2, 0.25) is 5.91 Å². The number of rotatable bonds is 9. The highest BCUT2D eigenvalue weighted by molar-refractivity contribution is 5.97. The zero-order chi connectivity index (χ0) is 24.7. The van der Waals surface area contributed by atoms with Crippen molar-refractivity contribution in [1.29, 1.82) is 0 Å². The van der Waals surface area contributed by atoms with E-state index in [1.54, 1.807) is 28.1 Å². The molecule has 2 amide bonds. The van der Waals surface area contributed by atoms with Crippen LogP contribution in [0.1, 0.15) is 40.9 Å². The van der Waals surface area contributed by atoms with Gasteiger partial charge in [-0.1, -0.05) is 18.2 Å². The van der Waals surface area contributed by atoms with E-state index < -0.39 is 0 Å². The van der Waals surface area contributed by atoms with Gasteiger partial charge in [0.1, 0.15) is 5.75 Å². The minimum atomic E-state index is -0.0885. The van der Waals surface area contributed by atoms with Gasteiger partial charge in [0.05, 0.1) is 25.5 Å². The second kappa shape index (κ2) is 11.4. The van der Waals surface area contributed by atoms with E-state index in [1.807, 2.05) is 54.6 Å². The summed E-state index contributed by atoms with van der Waals surface area (Å²) in [5, 5.41) is 0. The second-order valence-corrected chi connectivity index (χ2v) is 9.37. The Hall–Kier alpha value is -3.71. The van der Waals surface area contributed by atoms with Crippen LogP contribution in [0.4, 0.5) is 5.69 Å². The van der Waals surface area contributed by atoms with Crippen molar-refractivity contribution >= 4 is 17.5 Å². The lowest BCUT2D eigenvalue weighted by molar-refractivity contribution is -0.117. The molecule has 3 aromatic rings. The maximum absolute atomic E-state index is 13.6. The average molecular weight is 486 g/mol. The van der Waals surface area contributed by atoms with Crippen LogP contribution in [0.2, 0.25) is 0 Å². The van der Waals surface area contributed by atoms with Gasteiger partial charge in [0.25, 0.3) is 5.91 Å². The normalized spacial score (nSPS) is 17.4. The van der Waals surface area contributed by atoms with Crippen molar-refractivity contribution in [3.05, 3.63) is 89.7 Å². The summed E-state index contributed by atoms with van der Waals surface area (Å²) in [6.07, 6.45) is 4.21. The van der Waals surface area contributed by atoms with E-state index in [2.05, 4.69) is 4.98 Å². The summed E-state index contributed by atoms with van der Waals surface area (Å²) in [5.41, 5.74) is 3.22. The highest BCUT2D eigenvalue weighted by Gasteiger charge is 2.23. The topological polar surface area (TPSA) is 72.0 Å². The fourth-order valence-electron chi connectivity index (χ4n) is 4.66. The molecule has 1 unspecified atom stereocenters. The number of carbonyl (C=O) groups excluding carboxylic acids is 2. The molecule has 0 radical (unpaired) electrons. The summed E-state index contributed by atoms with van der Waals surface area (Å²) < 4.78 is 11.5. The van der Waals surface area contributed by atoms with Crippen LogP contribution < -0.4 is 9.64 Å². The van der Waals surface area contributed by atoms with Crippen LogP contribution in [-0.2, 0) is 22.6 Å². The van der Waals surface area contributed by atoms with Crippen LogP contribution in [0, 0.1) is 5.92 Å². The Balaban J connectivity index is 1.32. The van der Waals surface area contributed by atoms with Gasteiger partial charge in [0.15, 0.2) is 0 Å². The summed E-state index contributed by atoms with van der Waals surface area (Å²) >= 11 is 0. The Bertz CT molecular complexity index is 1180. The molecule has 2 aliphatic rings. The van der Waals surface area contributed by atoms with Crippen LogP contribution >= 0.6 is 0 Å². The van der Waals surface area contributed by atoms with Crippen LogP contribution in [0.15, 0.2) is 72.9 Å². The number of pyridine rings is 1. The van der Waals surface area contributed by atoms with Gasteiger partial charge in [-0.25, -0.2) is 0 Å². The molecule has 2 aliphatic heterocycles. The molecule has 5 rings (SSSR count). The van der Waals surface area contributed by atoms with Gasteiger partial charge in [-0.2, -0.15) is 0 Å². The molecule has 2 fully saturated rings. The molecule has 1 aromatic heterocycles. The molecule has 0 saturated carbocycles. The van der Waals surface area contributed by atoms with Crippen molar-refractivity contribution in [3.8, 4) is 5.75 Å². The molecule has 0 aliphatic carbocycles. The summed E-state index contributed by atoms with van der Waals surface area (Å²) in [7, 11) is 0. The van der Waals surface area contributed by atoms with E-state index in [0.717, 1.165) is 55.3 Å². The minimum Gasteiger partial charge on any atom is -0.493 e. The van der Waals surface area contributed by atoms with Gasteiger partial charge in [-0.3, -0.25) is 14.6 Å². The summed E-state index contributed by atoms with van der Waals surface area (Å²) in [6, 6.07) is 20.9. The highest BCUT2D eigenvalue weighted by Crippen LogP contribution is 2.24. The Morgan fingerprint density at radius 3 is 2.69 bits per heavy atom. The van der Waals surface area contributed by atoms with Crippen molar-refractivity contribution in [2.24, 2.45) is 5.92 Å².